The summed E-state index contributed by atoms with van der Waals surface area (Å²) < 4.78 is 0. The molecule has 1 amide bonds. The molecule has 0 saturated heterocycles. The SMILES string of the molecule is CC.CCCCN(CCC)C(=O)c1cccnc1. The molecular weight excluding hydrogens is 224 g/mol. The second kappa shape index (κ2) is 10.8. The van der Waals surface area contributed by atoms with Gasteiger partial charge in [0.2, 0.25) is 0 Å². The van der Waals surface area contributed by atoms with Crippen molar-refractivity contribution in [3.8, 4) is 0 Å². The van der Waals surface area contributed by atoms with Crippen molar-refractivity contribution in [1.82, 2.24) is 9.88 Å². The van der Waals surface area contributed by atoms with Crippen LogP contribution in [0.5, 0.6) is 0 Å². The Labute approximate surface area is 111 Å². The third-order valence-electron chi connectivity index (χ3n) is 2.47. The van der Waals surface area contributed by atoms with Crippen LogP contribution in [0.4, 0.5) is 0 Å². The van der Waals surface area contributed by atoms with Gasteiger partial charge in [0.15, 0.2) is 0 Å². The lowest BCUT2D eigenvalue weighted by atomic mass is 10.2. The topological polar surface area (TPSA) is 33.2 Å². The number of hydrogen-bond donors (Lipinski definition) is 0. The summed E-state index contributed by atoms with van der Waals surface area (Å²) in [5, 5.41) is 0. The van der Waals surface area contributed by atoms with E-state index in [0.717, 1.165) is 32.4 Å². The van der Waals surface area contributed by atoms with E-state index in [9.17, 15) is 4.79 Å². The van der Waals surface area contributed by atoms with Gasteiger partial charge in [-0.3, -0.25) is 9.78 Å². The number of unbranched alkanes of at least 4 members (excludes halogenated alkanes) is 1. The summed E-state index contributed by atoms with van der Waals surface area (Å²) in [6.45, 7) is 9.90. The molecule has 0 aliphatic carbocycles. The summed E-state index contributed by atoms with van der Waals surface area (Å²) in [4.78, 5) is 18.0. The molecule has 0 unspecified atom stereocenters. The highest BCUT2D eigenvalue weighted by molar-refractivity contribution is 5.93. The molecule has 0 radical (unpaired) electrons. The molecular formula is C15H26N2O. The molecule has 0 spiro atoms. The molecule has 3 heteroatoms. The molecule has 1 aromatic heterocycles. The van der Waals surface area contributed by atoms with Gasteiger partial charge in [0, 0.05) is 25.5 Å². The fourth-order valence-electron chi connectivity index (χ4n) is 1.61. The first-order chi connectivity index (χ1) is 8.79. The van der Waals surface area contributed by atoms with E-state index in [2.05, 4.69) is 18.8 Å². The first kappa shape index (κ1) is 16.6. The minimum atomic E-state index is 0.100. The third-order valence-corrected chi connectivity index (χ3v) is 2.47. The number of pyridine rings is 1. The van der Waals surface area contributed by atoms with Crippen LogP contribution < -0.4 is 0 Å². The summed E-state index contributed by atoms with van der Waals surface area (Å²) in [5.41, 5.74) is 0.687. The largest absolute Gasteiger partial charge is 0.339 e. The van der Waals surface area contributed by atoms with Crippen molar-refractivity contribution in [1.29, 1.82) is 0 Å². The van der Waals surface area contributed by atoms with Crippen LogP contribution in [0.1, 0.15) is 57.3 Å². The highest BCUT2D eigenvalue weighted by Gasteiger charge is 2.13. The average molecular weight is 250 g/mol. The van der Waals surface area contributed by atoms with Crippen LogP contribution in [0.3, 0.4) is 0 Å². The molecule has 0 aliphatic rings. The molecule has 0 saturated carbocycles. The molecule has 1 rings (SSSR count). The predicted molar refractivity (Wildman–Crippen MR) is 76.7 cm³/mol. The van der Waals surface area contributed by atoms with Crippen LogP contribution in [-0.2, 0) is 0 Å². The Morgan fingerprint density at radius 2 is 1.94 bits per heavy atom. The molecule has 0 N–H and O–H groups in total. The van der Waals surface area contributed by atoms with Gasteiger partial charge >= 0.3 is 0 Å². The summed E-state index contributed by atoms with van der Waals surface area (Å²) in [6.07, 6.45) is 6.49. The molecule has 0 fully saturated rings. The second-order valence-corrected chi connectivity index (χ2v) is 3.89. The molecule has 1 aromatic rings. The lowest BCUT2D eigenvalue weighted by Crippen LogP contribution is -2.32. The maximum Gasteiger partial charge on any atom is 0.255 e. The van der Waals surface area contributed by atoms with Crippen LogP contribution in [0.15, 0.2) is 24.5 Å². The number of rotatable bonds is 6. The first-order valence-electron chi connectivity index (χ1n) is 6.98. The fraction of sp³-hybridized carbons (Fsp3) is 0.600. The van der Waals surface area contributed by atoms with Crippen molar-refractivity contribution >= 4 is 5.91 Å². The normalized spacial score (nSPS) is 9.33. The third kappa shape index (κ3) is 5.80. The van der Waals surface area contributed by atoms with E-state index in [1.807, 2.05) is 24.8 Å². The van der Waals surface area contributed by atoms with Crippen LogP contribution in [0, 0.1) is 0 Å². The Kier molecular flexibility index (Phi) is 9.93. The zero-order chi connectivity index (χ0) is 13.8. The van der Waals surface area contributed by atoms with Gasteiger partial charge < -0.3 is 4.90 Å². The van der Waals surface area contributed by atoms with Crippen LogP contribution in [0.25, 0.3) is 0 Å². The van der Waals surface area contributed by atoms with Crippen LogP contribution in [0.2, 0.25) is 0 Å². The van der Waals surface area contributed by atoms with E-state index in [-0.39, 0.29) is 5.91 Å². The minimum Gasteiger partial charge on any atom is -0.339 e. The van der Waals surface area contributed by atoms with Crippen molar-refractivity contribution < 1.29 is 4.79 Å². The van der Waals surface area contributed by atoms with Gasteiger partial charge in [0.25, 0.3) is 5.91 Å². The molecule has 0 bridgehead atoms. The van der Waals surface area contributed by atoms with E-state index in [1.54, 1.807) is 18.5 Å². The quantitative estimate of drug-likeness (QED) is 0.770. The van der Waals surface area contributed by atoms with Gasteiger partial charge in [-0.1, -0.05) is 34.1 Å². The Bertz CT molecular complexity index is 312. The van der Waals surface area contributed by atoms with E-state index in [4.69, 9.17) is 0 Å². The van der Waals surface area contributed by atoms with Crippen LogP contribution in [-0.4, -0.2) is 28.9 Å². The average Bonchev–Trinajstić information content (AvgIpc) is 2.46. The second-order valence-electron chi connectivity index (χ2n) is 3.89. The van der Waals surface area contributed by atoms with E-state index in [0.29, 0.717) is 5.56 Å². The summed E-state index contributed by atoms with van der Waals surface area (Å²) in [6, 6.07) is 3.63. The van der Waals surface area contributed by atoms with Gasteiger partial charge in [0.05, 0.1) is 5.56 Å². The molecule has 0 aliphatic heterocycles. The number of nitrogens with zero attached hydrogens (tertiary/aromatic N) is 2. The van der Waals surface area contributed by atoms with Crippen molar-refractivity contribution in [2.24, 2.45) is 0 Å². The van der Waals surface area contributed by atoms with Crippen molar-refractivity contribution in [3.05, 3.63) is 30.1 Å². The number of hydrogen-bond acceptors (Lipinski definition) is 2. The van der Waals surface area contributed by atoms with Gasteiger partial charge in [-0.05, 0) is 25.0 Å². The summed E-state index contributed by atoms with van der Waals surface area (Å²) in [7, 11) is 0. The molecule has 18 heavy (non-hydrogen) atoms. The van der Waals surface area contributed by atoms with Gasteiger partial charge in [0.1, 0.15) is 0 Å². The Balaban J connectivity index is 0.00000137. The molecule has 3 nitrogen and oxygen atoms in total. The van der Waals surface area contributed by atoms with Gasteiger partial charge in [-0.25, -0.2) is 0 Å². The Morgan fingerprint density at radius 3 is 2.44 bits per heavy atom. The number of carbonyl (C=O) groups is 1. The van der Waals surface area contributed by atoms with Gasteiger partial charge in [-0.2, -0.15) is 0 Å². The maximum absolute atomic E-state index is 12.1. The number of amides is 1. The zero-order valence-corrected chi connectivity index (χ0v) is 12.1. The highest BCUT2D eigenvalue weighted by atomic mass is 16.2. The molecule has 1 heterocycles. The maximum atomic E-state index is 12.1. The van der Waals surface area contributed by atoms with E-state index < -0.39 is 0 Å². The van der Waals surface area contributed by atoms with E-state index in [1.165, 1.54) is 0 Å². The van der Waals surface area contributed by atoms with E-state index >= 15 is 0 Å². The standard InChI is InChI=1S/C13H20N2O.C2H6/c1-3-5-10-15(9-4-2)13(16)12-7-6-8-14-11-12;1-2/h6-8,11H,3-5,9-10H2,1-2H3;1-2H3. The highest BCUT2D eigenvalue weighted by Crippen LogP contribution is 2.05. The monoisotopic (exact) mass is 250 g/mol. The zero-order valence-electron chi connectivity index (χ0n) is 12.1. The van der Waals surface area contributed by atoms with Crippen LogP contribution >= 0.6 is 0 Å². The van der Waals surface area contributed by atoms with Gasteiger partial charge in [-0.15, -0.1) is 0 Å². The predicted octanol–water partition coefficient (Wildman–Crippen LogP) is 3.76. The summed E-state index contributed by atoms with van der Waals surface area (Å²) in [5.74, 6) is 0.100. The number of carbonyl (C=O) groups excluding carboxylic acids is 1. The molecule has 0 atom stereocenters. The molecule has 0 aromatic carbocycles. The molecule has 102 valence electrons. The first-order valence-corrected chi connectivity index (χ1v) is 6.98. The number of aromatic nitrogens is 1. The minimum absolute atomic E-state index is 0.100. The van der Waals surface area contributed by atoms with Crippen molar-refractivity contribution in [2.75, 3.05) is 13.1 Å². The lowest BCUT2D eigenvalue weighted by Gasteiger charge is -2.21. The smallest absolute Gasteiger partial charge is 0.255 e. The Hall–Kier alpha value is -1.38. The Morgan fingerprint density at radius 1 is 1.22 bits per heavy atom. The fourth-order valence-corrected chi connectivity index (χ4v) is 1.61. The lowest BCUT2D eigenvalue weighted by molar-refractivity contribution is 0.0753. The van der Waals surface area contributed by atoms with Crippen molar-refractivity contribution in [2.45, 2.75) is 47.0 Å². The van der Waals surface area contributed by atoms with Crippen molar-refractivity contribution in [3.63, 3.8) is 0 Å². The summed E-state index contributed by atoms with van der Waals surface area (Å²) >= 11 is 0.